The van der Waals surface area contributed by atoms with Crippen LogP contribution in [0.5, 0.6) is 0 Å². The predicted molar refractivity (Wildman–Crippen MR) is 61.8 cm³/mol. The van der Waals surface area contributed by atoms with Gasteiger partial charge in [0.15, 0.2) is 0 Å². The summed E-state index contributed by atoms with van der Waals surface area (Å²) in [6, 6.07) is 3.46. The maximum Gasteiger partial charge on any atom is 0.417 e. The molecule has 0 aliphatic carbocycles. The average Bonchev–Trinajstić information content (AvgIpc) is 2.26. The minimum absolute atomic E-state index is 0.0323. The third kappa shape index (κ3) is 3.21. The highest BCUT2D eigenvalue weighted by atomic mass is 79.9. The Hall–Kier alpha value is -1.04. The van der Waals surface area contributed by atoms with Crippen LogP contribution in [0, 0.1) is 0 Å². The number of benzene rings is 1. The number of carbonyl (C=O) groups excluding carboxylic acids is 1. The van der Waals surface area contributed by atoms with Gasteiger partial charge in [-0.3, -0.25) is 4.79 Å². The van der Waals surface area contributed by atoms with Gasteiger partial charge in [-0.2, -0.15) is 13.2 Å². The highest BCUT2D eigenvalue weighted by Gasteiger charge is 2.33. The zero-order valence-corrected chi connectivity index (χ0v) is 10.9. The quantitative estimate of drug-likeness (QED) is 0.818. The molecule has 0 N–H and O–H groups in total. The summed E-state index contributed by atoms with van der Waals surface area (Å²) < 4.78 is 37.8. The van der Waals surface area contributed by atoms with Gasteiger partial charge >= 0.3 is 6.18 Å². The van der Waals surface area contributed by atoms with Gasteiger partial charge in [0.05, 0.1) is 5.56 Å². The highest BCUT2D eigenvalue weighted by Crippen LogP contribution is 2.35. The first-order valence-corrected chi connectivity index (χ1v) is 5.69. The molecule has 0 aliphatic heterocycles. The molecule has 17 heavy (non-hydrogen) atoms. The lowest BCUT2D eigenvalue weighted by atomic mass is 10.1. The van der Waals surface area contributed by atoms with Crippen LogP contribution >= 0.6 is 15.9 Å². The summed E-state index contributed by atoms with van der Waals surface area (Å²) in [5.41, 5.74) is -0.808. The first kappa shape index (κ1) is 14.0. The molecule has 0 heterocycles. The number of carbonyl (C=O) groups is 1. The Balaban J connectivity index is 3.18. The summed E-state index contributed by atoms with van der Waals surface area (Å²) in [4.78, 5) is 13.1. The van der Waals surface area contributed by atoms with Gasteiger partial charge in [0.2, 0.25) is 0 Å². The molecule has 0 spiro atoms. The van der Waals surface area contributed by atoms with E-state index < -0.39 is 17.6 Å². The fourth-order valence-corrected chi connectivity index (χ4v) is 1.71. The Morgan fingerprint density at radius 2 is 2.00 bits per heavy atom. The van der Waals surface area contributed by atoms with Crippen molar-refractivity contribution in [3.8, 4) is 0 Å². The molecule has 0 aromatic heterocycles. The maximum atomic E-state index is 12.6. The lowest BCUT2D eigenvalue weighted by molar-refractivity contribution is -0.138. The topological polar surface area (TPSA) is 20.3 Å². The molecule has 1 aromatic carbocycles. The van der Waals surface area contributed by atoms with E-state index in [0.29, 0.717) is 6.54 Å². The molecule has 0 saturated heterocycles. The fraction of sp³-hybridized carbons (Fsp3) is 0.364. The van der Waals surface area contributed by atoms with Crippen molar-refractivity contribution < 1.29 is 18.0 Å². The van der Waals surface area contributed by atoms with Crippen LogP contribution in [0.15, 0.2) is 22.7 Å². The largest absolute Gasteiger partial charge is 0.417 e. The van der Waals surface area contributed by atoms with Crippen LogP contribution in [-0.2, 0) is 6.18 Å². The third-order valence-corrected chi connectivity index (χ3v) is 3.03. The van der Waals surface area contributed by atoms with Crippen molar-refractivity contribution in [2.45, 2.75) is 13.1 Å². The van der Waals surface area contributed by atoms with Gasteiger partial charge in [0, 0.05) is 23.6 Å². The fourth-order valence-electron chi connectivity index (χ4n) is 1.24. The second-order valence-corrected chi connectivity index (χ2v) is 4.37. The molecule has 0 saturated carbocycles. The number of hydrogen-bond acceptors (Lipinski definition) is 1. The van der Waals surface area contributed by atoms with Crippen molar-refractivity contribution >= 4 is 21.8 Å². The lowest BCUT2D eigenvalue weighted by Crippen LogP contribution is -2.26. The van der Waals surface area contributed by atoms with Crippen LogP contribution < -0.4 is 0 Å². The molecule has 1 amide bonds. The van der Waals surface area contributed by atoms with Gasteiger partial charge in [0.1, 0.15) is 0 Å². The maximum absolute atomic E-state index is 12.6. The number of nitrogens with zero attached hydrogens (tertiary/aromatic N) is 1. The molecule has 0 radical (unpaired) electrons. The van der Waals surface area contributed by atoms with Crippen LogP contribution in [0.4, 0.5) is 13.2 Å². The van der Waals surface area contributed by atoms with Crippen molar-refractivity contribution in [1.82, 2.24) is 4.90 Å². The summed E-state index contributed by atoms with van der Waals surface area (Å²) in [6.45, 7) is 2.19. The molecule has 0 unspecified atom stereocenters. The van der Waals surface area contributed by atoms with Gasteiger partial charge < -0.3 is 4.90 Å². The molecule has 0 atom stereocenters. The number of rotatable bonds is 2. The summed E-state index contributed by atoms with van der Waals surface area (Å²) >= 11 is 2.82. The second-order valence-electron chi connectivity index (χ2n) is 3.51. The summed E-state index contributed by atoms with van der Waals surface area (Å²) in [5.74, 6) is -0.425. The van der Waals surface area contributed by atoms with Gasteiger partial charge in [-0.1, -0.05) is 15.9 Å². The normalized spacial score (nSPS) is 11.4. The van der Waals surface area contributed by atoms with Crippen LogP contribution in [0.3, 0.4) is 0 Å². The van der Waals surface area contributed by atoms with E-state index in [-0.39, 0.29) is 10.0 Å². The van der Waals surface area contributed by atoms with E-state index >= 15 is 0 Å². The molecule has 6 heteroatoms. The number of halogens is 4. The zero-order valence-electron chi connectivity index (χ0n) is 9.31. The standard InChI is InChI=1S/C11H11BrF3NO/c1-3-16(2)10(17)7-4-5-9(12)8(6-7)11(13,14)15/h4-6H,3H2,1-2H3. The molecule has 0 aliphatic rings. The van der Waals surface area contributed by atoms with Crippen LogP contribution in [-0.4, -0.2) is 24.4 Å². The highest BCUT2D eigenvalue weighted by molar-refractivity contribution is 9.10. The number of alkyl halides is 3. The lowest BCUT2D eigenvalue weighted by Gasteiger charge is -2.16. The monoisotopic (exact) mass is 309 g/mol. The van der Waals surface area contributed by atoms with Crippen molar-refractivity contribution in [2.75, 3.05) is 13.6 Å². The van der Waals surface area contributed by atoms with Gasteiger partial charge in [0.25, 0.3) is 5.91 Å². The summed E-state index contributed by atoms with van der Waals surface area (Å²) in [5, 5.41) is 0. The molecular formula is C11H11BrF3NO. The smallest absolute Gasteiger partial charge is 0.342 e. The van der Waals surface area contributed by atoms with Gasteiger partial charge in [-0.15, -0.1) is 0 Å². The Morgan fingerprint density at radius 1 is 1.41 bits per heavy atom. The average molecular weight is 310 g/mol. The van der Waals surface area contributed by atoms with Crippen molar-refractivity contribution in [3.63, 3.8) is 0 Å². The van der Waals surface area contributed by atoms with Crippen LogP contribution in [0.1, 0.15) is 22.8 Å². The Morgan fingerprint density at radius 3 is 2.47 bits per heavy atom. The van der Waals surface area contributed by atoms with Crippen molar-refractivity contribution in [2.24, 2.45) is 0 Å². The minimum Gasteiger partial charge on any atom is -0.342 e. The summed E-state index contributed by atoms with van der Waals surface area (Å²) in [6.07, 6.45) is -4.47. The molecule has 2 nitrogen and oxygen atoms in total. The van der Waals surface area contributed by atoms with E-state index in [1.54, 1.807) is 6.92 Å². The predicted octanol–water partition coefficient (Wildman–Crippen LogP) is 3.56. The first-order chi connectivity index (χ1) is 7.77. The number of hydrogen-bond donors (Lipinski definition) is 0. The second kappa shape index (κ2) is 5.08. The number of amides is 1. The molecule has 1 aromatic rings. The van der Waals surface area contributed by atoms with E-state index in [1.807, 2.05) is 0 Å². The SMILES string of the molecule is CCN(C)C(=O)c1ccc(Br)c(C(F)(F)F)c1. The van der Waals surface area contributed by atoms with E-state index in [1.165, 1.54) is 24.1 Å². The molecular weight excluding hydrogens is 299 g/mol. The Bertz CT molecular complexity index is 431. The zero-order chi connectivity index (χ0) is 13.2. The van der Waals surface area contributed by atoms with E-state index in [2.05, 4.69) is 15.9 Å². The van der Waals surface area contributed by atoms with E-state index in [9.17, 15) is 18.0 Å². The minimum atomic E-state index is -4.47. The first-order valence-electron chi connectivity index (χ1n) is 4.89. The summed E-state index contributed by atoms with van der Waals surface area (Å²) in [7, 11) is 1.54. The van der Waals surface area contributed by atoms with Crippen LogP contribution in [0.25, 0.3) is 0 Å². The third-order valence-electron chi connectivity index (χ3n) is 2.34. The molecule has 0 fully saturated rings. The Labute approximate surface area is 106 Å². The van der Waals surface area contributed by atoms with E-state index in [4.69, 9.17) is 0 Å². The van der Waals surface area contributed by atoms with Crippen molar-refractivity contribution in [1.29, 1.82) is 0 Å². The van der Waals surface area contributed by atoms with E-state index in [0.717, 1.165) is 6.07 Å². The van der Waals surface area contributed by atoms with Crippen LogP contribution in [0.2, 0.25) is 0 Å². The van der Waals surface area contributed by atoms with Crippen molar-refractivity contribution in [3.05, 3.63) is 33.8 Å². The van der Waals surface area contributed by atoms with Gasteiger partial charge in [-0.25, -0.2) is 0 Å². The molecule has 0 bridgehead atoms. The molecule has 1 rings (SSSR count). The molecule has 94 valence electrons. The Kier molecular flexibility index (Phi) is 4.19. The van der Waals surface area contributed by atoms with Gasteiger partial charge in [-0.05, 0) is 25.1 Å².